The van der Waals surface area contributed by atoms with Gasteiger partial charge in [0, 0.05) is 11.1 Å². The summed E-state index contributed by atoms with van der Waals surface area (Å²) in [6, 6.07) is 4.08. The third-order valence-corrected chi connectivity index (χ3v) is 4.78. The highest BCUT2D eigenvalue weighted by Crippen LogP contribution is 2.46. The number of benzene rings is 1. The minimum atomic E-state index is -0.250. The lowest BCUT2D eigenvalue weighted by molar-refractivity contribution is 0.285. The van der Waals surface area contributed by atoms with Crippen LogP contribution in [0.25, 0.3) is 0 Å². The smallest absolute Gasteiger partial charge is 0.141 e. The van der Waals surface area contributed by atoms with Gasteiger partial charge in [-0.05, 0) is 31.2 Å². The molecule has 1 aromatic carbocycles. The second-order valence-corrected chi connectivity index (χ2v) is 5.92. The Hall–Kier alpha value is -0.870. The molecule has 0 aliphatic heterocycles. The Morgan fingerprint density at radius 1 is 1.11 bits per heavy atom. The summed E-state index contributed by atoms with van der Waals surface area (Å²) in [7, 11) is 3.40. The largest absolute Gasteiger partial charge is 0.495 e. The van der Waals surface area contributed by atoms with Crippen molar-refractivity contribution >= 4 is 11.8 Å². The average Bonchev–Trinajstić information content (AvgIpc) is 2.46. The molecule has 4 heteroatoms. The molecule has 0 amide bonds. The van der Waals surface area contributed by atoms with Crippen LogP contribution in [0, 0.1) is 0 Å². The van der Waals surface area contributed by atoms with E-state index in [1.165, 1.54) is 19.3 Å². The van der Waals surface area contributed by atoms with Gasteiger partial charge in [-0.15, -0.1) is 11.8 Å². The summed E-state index contributed by atoms with van der Waals surface area (Å²) >= 11 is 1.64. The minimum Gasteiger partial charge on any atom is -0.495 e. The van der Waals surface area contributed by atoms with Crippen LogP contribution in [0.1, 0.15) is 37.7 Å². The zero-order valence-corrected chi connectivity index (χ0v) is 12.8. The van der Waals surface area contributed by atoms with Crippen LogP contribution in [0.5, 0.6) is 11.5 Å². The Kier molecular flexibility index (Phi) is 4.63. The first kappa shape index (κ1) is 14.5. The van der Waals surface area contributed by atoms with Crippen molar-refractivity contribution in [1.82, 2.24) is 0 Å². The fourth-order valence-electron chi connectivity index (χ4n) is 2.95. The Morgan fingerprint density at radius 2 is 1.79 bits per heavy atom. The van der Waals surface area contributed by atoms with Crippen molar-refractivity contribution in [3.05, 3.63) is 17.7 Å². The predicted octanol–water partition coefficient (Wildman–Crippen LogP) is 3.54. The van der Waals surface area contributed by atoms with Crippen molar-refractivity contribution in [1.29, 1.82) is 0 Å². The molecule has 19 heavy (non-hydrogen) atoms. The number of nitrogens with two attached hydrogens (primary N) is 1. The van der Waals surface area contributed by atoms with Gasteiger partial charge in [0.25, 0.3) is 0 Å². The van der Waals surface area contributed by atoms with Gasteiger partial charge in [0.15, 0.2) is 0 Å². The Labute approximate surface area is 119 Å². The molecule has 0 atom stereocenters. The zero-order chi connectivity index (χ0) is 13.9. The third kappa shape index (κ3) is 2.70. The topological polar surface area (TPSA) is 44.5 Å². The van der Waals surface area contributed by atoms with Crippen molar-refractivity contribution in [2.24, 2.45) is 5.73 Å². The van der Waals surface area contributed by atoms with Gasteiger partial charge in [0.2, 0.25) is 0 Å². The van der Waals surface area contributed by atoms with E-state index in [0.29, 0.717) is 0 Å². The van der Waals surface area contributed by atoms with Gasteiger partial charge in [-0.2, -0.15) is 0 Å². The number of methoxy groups -OCH3 is 2. The molecule has 3 nitrogen and oxygen atoms in total. The fourth-order valence-corrected chi connectivity index (χ4v) is 3.68. The van der Waals surface area contributed by atoms with Gasteiger partial charge in [-0.1, -0.05) is 19.3 Å². The number of ether oxygens (including phenoxy) is 2. The van der Waals surface area contributed by atoms with E-state index in [4.69, 9.17) is 15.2 Å². The van der Waals surface area contributed by atoms with Crippen LogP contribution in [-0.4, -0.2) is 20.5 Å². The summed E-state index contributed by atoms with van der Waals surface area (Å²) in [6.45, 7) is 0. The Bertz CT molecular complexity index is 442. The van der Waals surface area contributed by atoms with Crippen LogP contribution in [-0.2, 0) is 5.54 Å². The molecule has 2 N–H and O–H groups in total. The second kappa shape index (κ2) is 6.06. The van der Waals surface area contributed by atoms with Crippen molar-refractivity contribution in [2.75, 3.05) is 20.5 Å². The quantitative estimate of drug-likeness (QED) is 0.857. The van der Waals surface area contributed by atoms with Crippen LogP contribution in [0.15, 0.2) is 17.0 Å². The first-order valence-electron chi connectivity index (χ1n) is 6.74. The summed E-state index contributed by atoms with van der Waals surface area (Å²) in [6.07, 6.45) is 7.77. The Balaban J connectivity index is 2.50. The molecule has 1 saturated carbocycles. The molecule has 106 valence electrons. The van der Waals surface area contributed by atoms with E-state index in [9.17, 15) is 0 Å². The molecule has 0 heterocycles. The summed E-state index contributed by atoms with van der Waals surface area (Å²) in [5, 5.41) is 0. The van der Waals surface area contributed by atoms with Gasteiger partial charge in [0.05, 0.1) is 19.1 Å². The molecule has 0 aromatic heterocycles. The van der Waals surface area contributed by atoms with E-state index < -0.39 is 0 Å². The van der Waals surface area contributed by atoms with Crippen LogP contribution >= 0.6 is 11.8 Å². The predicted molar refractivity (Wildman–Crippen MR) is 80.3 cm³/mol. The molecule has 0 saturated heterocycles. The van der Waals surface area contributed by atoms with Crippen molar-refractivity contribution < 1.29 is 9.47 Å². The van der Waals surface area contributed by atoms with E-state index in [1.807, 2.05) is 12.3 Å². The van der Waals surface area contributed by atoms with Gasteiger partial charge >= 0.3 is 0 Å². The maximum atomic E-state index is 6.64. The summed E-state index contributed by atoms with van der Waals surface area (Å²) in [5.74, 6) is 1.74. The first-order valence-corrected chi connectivity index (χ1v) is 7.97. The highest BCUT2D eigenvalue weighted by atomic mass is 32.2. The van der Waals surface area contributed by atoms with Crippen LogP contribution in [0.2, 0.25) is 0 Å². The summed E-state index contributed by atoms with van der Waals surface area (Å²) in [4.78, 5) is 1.04. The average molecular weight is 281 g/mol. The molecule has 0 spiro atoms. The molecule has 1 fully saturated rings. The van der Waals surface area contributed by atoms with Crippen molar-refractivity contribution in [3.63, 3.8) is 0 Å². The molecule has 1 aliphatic carbocycles. The van der Waals surface area contributed by atoms with E-state index in [2.05, 4.69) is 6.07 Å². The monoisotopic (exact) mass is 281 g/mol. The SMILES string of the molecule is COc1ccc(C2(N)CCCCC2)c(OC)c1SC. The lowest BCUT2D eigenvalue weighted by Gasteiger charge is -2.35. The maximum absolute atomic E-state index is 6.64. The van der Waals surface area contributed by atoms with Gasteiger partial charge in [-0.25, -0.2) is 0 Å². The highest BCUT2D eigenvalue weighted by molar-refractivity contribution is 7.98. The van der Waals surface area contributed by atoms with Crippen LogP contribution in [0.4, 0.5) is 0 Å². The number of rotatable bonds is 4. The van der Waals surface area contributed by atoms with E-state index in [-0.39, 0.29) is 5.54 Å². The van der Waals surface area contributed by atoms with Gasteiger partial charge in [-0.3, -0.25) is 0 Å². The molecule has 0 bridgehead atoms. The maximum Gasteiger partial charge on any atom is 0.141 e. The van der Waals surface area contributed by atoms with E-state index in [0.717, 1.165) is 34.8 Å². The number of hydrogen-bond acceptors (Lipinski definition) is 4. The third-order valence-electron chi connectivity index (χ3n) is 3.99. The normalized spacial score (nSPS) is 18.1. The van der Waals surface area contributed by atoms with Gasteiger partial charge < -0.3 is 15.2 Å². The lowest BCUT2D eigenvalue weighted by atomic mass is 9.77. The molecular formula is C15H23NO2S. The highest BCUT2D eigenvalue weighted by Gasteiger charge is 2.33. The minimum absolute atomic E-state index is 0.250. The standard InChI is InChI=1S/C15H23NO2S/c1-17-12-8-7-11(13(18-2)14(12)19-3)15(16)9-5-4-6-10-15/h7-8H,4-6,9-10,16H2,1-3H3. The fraction of sp³-hybridized carbons (Fsp3) is 0.600. The molecule has 0 unspecified atom stereocenters. The molecule has 0 radical (unpaired) electrons. The Morgan fingerprint density at radius 3 is 2.32 bits per heavy atom. The first-order chi connectivity index (χ1) is 9.16. The van der Waals surface area contributed by atoms with E-state index >= 15 is 0 Å². The number of thioether (sulfide) groups is 1. The lowest BCUT2D eigenvalue weighted by Crippen LogP contribution is -2.39. The van der Waals surface area contributed by atoms with E-state index in [1.54, 1.807) is 26.0 Å². The summed E-state index contributed by atoms with van der Waals surface area (Å²) in [5.41, 5.74) is 7.52. The number of hydrogen-bond donors (Lipinski definition) is 1. The summed E-state index contributed by atoms with van der Waals surface area (Å²) < 4.78 is 11.1. The zero-order valence-electron chi connectivity index (χ0n) is 12.0. The molecule has 2 rings (SSSR count). The second-order valence-electron chi connectivity index (χ2n) is 5.10. The van der Waals surface area contributed by atoms with Gasteiger partial charge in [0.1, 0.15) is 11.5 Å². The molecular weight excluding hydrogens is 258 g/mol. The van der Waals surface area contributed by atoms with Crippen molar-refractivity contribution in [2.45, 2.75) is 42.5 Å². The van der Waals surface area contributed by atoms with Crippen LogP contribution < -0.4 is 15.2 Å². The molecule has 1 aliphatic rings. The van der Waals surface area contributed by atoms with Crippen LogP contribution in [0.3, 0.4) is 0 Å². The van der Waals surface area contributed by atoms with Crippen molar-refractivity contribution in [3.8, 4) is 11.5 Å². The molecule has 1 aromatic rings.